The van der Waals surface area contributed by atoms with E-state index >= 15 is 0 Å². The van der Waals surface area contributed by atoms with Gasteiger partial charge in [-0.2, -0.15) is 0 Å². The molecule has 2 fully saturated rings. The lowest BCUT2D eigenvalue weighted by molar-refractivity contribution is 0.193. The van der Waals surface area contributed by atoms with Gasteiger partial charge in [-0.05, 0) is 50.9 Å². The van der Waals surface area contributed by atoms with E-state index in [1.54, 1.807) is 6.07 Å². The first kappa shape index (κ1) is 10.5. The summed E-state index contributed by atoms with van der Waals surface area (Å²) in [6, 6.07) is 3.66. The fourth-order valence-electron chi connectivity index (χ4n) is 3.78. The summed E-state index contributed by atoms with van der Waals surface area (Å²) in [5.41, 5.74) is 2.21. The lowest BCUT2D eigenvalue weighted by atomic mass is 9.90. The lowest BCUT2D eigenvalue weighted by Gasteiger charge is -2.31. The molecule has 0 amide bonds. The van der Waals surface area contributed by atoms with Gasteiger partial charge in [0.15, 0.2) is 0 Å². The molecule has 0 unspecified atom stereocenters. The quantitative estimate of drug-likeness (QED) is 0.837. The number of fused-ring (bicyclic) bond motifs is 2. The minimum Gasteiger partial charge on any atom is -0.342 e. The first-order valence-electron chi connectivity index (χ1n) is 6.68. The first-order chi connectivity index (χ1) is 8.78. The average molecular weight is 245 g/mol. The summed E-state index contributed by atoms with van der Waals surface area (Å²) >= 11 is 0. The number of halogens is 1. The minimum absolute atomic E-state index is 0.178. The molecule has 94 valence electrons. The van der Waals surface area contributed by atoms with Crippen LogP contribution in [0.4, 0.5) is 4.39 Å². The molecule has 2 saturated heterocycles. The fourth-order valence-corrected chi connectivity index (χ4v) is 3.78. The van der Waals surface area contributed by atoms with E-state index in [1.165, 1.54) is 50.7 Å². The molecule has 0 saturated carbocycles. The van der Waals surface area contributed by atoms with Gasteiger partial charge in [0, 0.05) is 11.1 Å². The number of hydrogen-bond acceptors (Lipinski definition) is 2. The van der Waals surface area contributed by atoms with Gasteiger partial charge in [0.25, 0.3) is 0 Å². The zero-order valence-corrected chi connectivity index (χ0v) is 10.2. The molecule has 1 N–H and O–H groups in total. The van der Waals surface area contributed by atoms with Gasteiger partial charge in [0.2, 0.25) is 0 Å². The van der Waals surface area contributed by atoms with Crippen LogP contribution in [0.25, 0.3) is 11.0 Å². The van der Waals surface area contributed by atoms with Crippen molar-refractivity contribution in [3.05, 3.63) is 29.8 Å². The van der Waals surface area contributed by atoms with E-state index in [1.807, 2.05) is 0 Å². The zero-order chi connectivity index (χ0) is 12.2. The molecule has 0 bridgehead atoms. The van der Waals surface area contributed by atoms with Crippen molar-refractivity contribution in [2.45, 2.75) is 31.2 Å². The number of aromatic nitrogens is 2. The van der Waals surface area contributed by atoms with Gasteiger partial charge in [0.1, 0.15) is 11.5 Å². The summed E-state index contributed by atoms with van der Waals surface area (Å²) in [4.78, 5) is 10.1. The topological polar surface area (TPSA) is 31.9 Å². The summed E-state index contributed by atoms with van der Waals surface area (Å²) in [6.45, 7) is 2.38. The van der Waals surface area contributed by atoms with Gasteiger partial charge in [0.05, 0.1) is 11.7 Å². The Morgan fingerprint density at radius 1 is 1.22 bits per heavy atom. The number of H-pyrrole nitrogens is 1. The predicted octanol–water partition coefficient (Wildman–Crippen LogP) is 2.79. The average Bonchev–Trinajstić information content (AvgIpc) is 2.99. The Morgan fingerprint density at radius 3 is 2.78 bits per heavy atom. The number of nitrogens with zero attached hydrogens (tertiary/aromatic N) is 2. The van der Waals surface area contributed by atoms with E-state index in [2.05, 4.69) is 20.9 Å². The molecule has 2 aromatic heterocycles. The minimum atomic E-state index is -0.264. The Hall–Kier alpha value is -1.42. The van der Waals surface area contributed by atoms with Gasteiger partial charge in [-0.25, -0.2) is 9.37 Å². The van der Waals surface area contributed by atoms with Gasteiger partial charge >= 0.3 is 0 Å². The maximum absolute atomic E-state index is 13.2. The van der Waals surface area contributed by atoms with Crippen LogP contribution in [-0.2, 0) is 5.54 Å². The van der Waals surface area contributed by atoms with E-state index in [0.717, 1.165) is 11.0 Å². The second-order valence-electron chi connectivity index (χ2n) is 5.50. The van der Waals surface area contributed by atoms with Crippen LogP contribution in [0.3, 0.4) is 0 Å². The van der Waals surface area contributed by atoms with Crippen molar-refractivity contribution in [2.75, 3.05) is 13.1 Å². The number of hydrogen-bond donors (Lipinski definition) is 1. The van der Waals surface area contributed by atoms with Crippen molar-refractivity contribution in [2.24, 2.45) is 0 Å². The maximum atomic E-state index is 13.2. The summed E-state index contributed by atoms with van der Waals surface area (Å²) < 4.78 is 13.2. The zero-order valence-electron chi connectivity index (χ0n) is 10.2. The maximum Gasteiger partial charge on any atom is 0.142 e. The largest absolute Gasteiger partial charge is 0.342 e. The summed E-state index contributed by atoms with van der Waals surface area (Å²) in [6.07, 6.45) is 6.22. The third-order valence-electron chi connectivity index (χ3n) is 4.58. The Bertz CT molecular complexity index is 594. The second kappa shape index (κ2) is 3.54. The van der Waals surface area contributed by atoms with Crippen molar-refractivity contribution >= 4 is 11.0 Å². The Morgan fingerprint density at radius 2 is 2.00 bits per heavy atom. The highest BCUT2D eigenvalue weighted by Crippen LogP contribution is 2.46. The van der Waals surface area contributed by atoms with Gasteiger partial charge in [-0.15, -0.1) is 0 Å². The lowest BCUT2D eigenvalue weighted by Crippen LogP contribution is -2.35. The first-order valence-corrected chi connectivity index (χ1v) is 6.68. The molecular formula is C14H16FN3. The van der Waals surface area contributed by atoms with Crippen LogP contribution in [0.15, 0.2) is 18.3 Å². The molecule has 0 atom stereocenters. The molecule has 3 nitrogen and oxygen atoms in total. The molecule has 18 heavy (non-hydrogen) atoms. The molecule has 2 aromatic rings. The van der Waals surface area contributed by atoms with E-state index in [-0.39, 0.29) is 11.4 Å². The molecule has 0 radical (unpaired) electrons. The SMILES string of the molecule is Fc1cnc2[nH]c(C34CCCN3CCC4)cc2c1. The monoisotopic (exact) mass is 245 g/mol. The Kier molecular flexibility index (Phi) is 2.07. The molecule has 0 aliphatic carbocycles. The van der Waals surface area contributed by atoms with Gasteiger partial charge in [-0.1, -0.05) is 0 Å². The molecule has 2 aliphatic rings. The van der Waals surface area contributed by atoms with Crippen LogP contribution in [-0.4, -0.2) is 28.0 Å². The Balaban J connectivity index is 1.87. The molecule has 4 heterocycles. The third kappa shape index (κ3) is 1.29. The molecule has 4 rings (SSSR count). The summed E-state index contributed by atoms with van der Waals surface area (Å²) in [5.74, 6) is -0.264. The molecule has 0 aromatic carbocycles. The van der Waals surface area contributed by atoms with Crippen molar-refractivity contribution < 1.29 is 4.39 Å². The molecule has 0 spiro atoms. The smallest absolute Gasteiger partial charge is 0.142 e. The Labute approximate surface area is 105 Å². The van der Waals surface area contributed by atoms with Crippen LogP contribution in [0.1, 0.15) is 31.4 Å². The van der Waals surface area contributed by atoms with Crippen LogP contribution >= 0.6 is 0 Å². The van der Waals surface area contributed by atoms with Crippen molar-refractivity contribution in [1.29, 1.82) is 0 Å². The highest BCUT2D eigenvalue weighted by Gasteiger charge is 2.46. The van der Waals surface area contributed by atoms with E-state index in [0.29, 0.717) is 0 Å². The number of aromatic amines is 1. The summed E-state index contributed by atoms with van der Waals surface area (Å²) in [5, 5.41) is 0.887. The fraction of sp³-hybridized carbons (Fsp3) is 0.500. The van der Waals surface area contributed by atoms with Crippen molar-refractivity contribution in [1.82, 2.24) is 14.9 Å². The highest BCUT2D eigenvalue weighted by atomic mass is 19.1. The number of rotatable bonds is 1. The second-order valence-corrected chi connectivity index (χ2v) is 5.50. The van der Waals surface area contributed by atoms with Crippen LogP contribution < -0.4 is 0 Å². The molecular weight excluding hydrogens is 229 g/mol. The van der Waals surface area contributed by atoms with Gasteiger partial charge in [-0.3, -0.25) is 4.90 Å². The van der Waals surface area contributed by atoms with Crippen LogP contribution in [0.2, 0.25) is 0 Å². The van der Waals surface area contributed by atoms with Crippen LogP contribution in [0.5, 0.6) is 0 Å². The third-order valence-corrected chi connectivity index (χ3v) is 4.58. The van der Waals surface area contributed by atoms with Gasteiger partial charge < -0.3 is 4.98 Å². The standard InChI is InChI=1S/C14H16FN3/c15-11-7-10-8-12(17-13(10)16-9-11)14-3-1-5-18(14)6-2-4-14/h7-9H,1-6H2,(H,16,17). The summed E-state index contributed by atoms with van der Waals surface area (Å²) in [7, 11) is 0. The van der Waals surface area contributed by atoms with Crippen molar-refractivity contribution in [3.63, 3.8) is 0 Å². The van der Waals surface area contributed by atoms with Crippen LogP contribution in [0, 0.1) is 5.82 Å². The predicted molar refractivity (Wildman–Crippen MR) is 67.8 cm³/mol. The number of nitrogens with one attached hydrogen (secondary N) is 1. The van der Waals surface area contributed by atoms with Crippen molar-refractivity contribution in [3.8, 4) is 0 Å². The number of pyridine rings is 1. The highest BCUT2D eigenvalue weighted by molar-refractivity contribution is 5.76. The molecule has 4 heteroatoms. The normalized spacial score (nSPS) is 22.7. The van der Waals surface area contributed by atoms with E-state index < -0.39 is 0 Å². The molecule has 2 aliphatic heterocycles. The van der Waals surface area contributed by atoms with E-state index in [4.69, 9.17) is 0 Å². The van der Waals surface area contributed by atoms with E-state index in [9.17, 15) is 4.39 Å².